The topological polar surface area (TPSA) is 29.1 Å². The Hall–Kier alpha value is -0.880. The van der Waals surface area contributed by atoms with Gasteiger partial charge in [0.05, 0.1) is 0 Å². The number of fused-ring (bicyclic) bond motifs is 1. The fraction of sp³-hybridized carbons (Fsp3) is 0.364. The summed E-state index contributed by atoms with van der Waals surface area (Å²) in [6, 6.07) is 6.35. The van der Waals surface area contributed by atoms with E-state index in [0.717, 1.165) is 27.1 Å². The summed E-state index contributed by atoms with van der Waals surface area (Å²) in [6.07, 6.45) is 2.64. The van der Waals surface area contributed by atoms with Crippen LogP contribution in [0.25, 0.3) is 0 Å². The predicted octanol–water partition coefficient (Wildman–Crippen LogP) is 1.89. The zero-order valence-electron chi connectivity index (χ0n) is 8.26. The molecule has 3 heteroatoms. The van der Waals surface area contributed by atoms with Crippen LogP contribution in [0.3, 0.4) is 0 Å². The Labute approximate surface area is 85.9 Å². The Balaban J connectivity index is 2.35. The average Bonchev–Trinajstić information content (AvgIpc) is 2.37. The van der Waals surface area contributed by atoms with Gasteiger partial charge in [0.15, 0.2) is 0 Å². The molecule has 1 aromatic carbocycles. The zero-order valence-corrected chi connectivity index (χ0v) is 9.26. The van der Waals surface area contributed by atoms with Crippen molar-refractivity contribution < 1.29 is 4.79 Å². The second-order valence-corrected chi connectivity index (χ2v) is 4.60. The van der Waals surface area contributed by atoms with Gasteiger partial charge in [0.25, 0.3) is 0 Å². The molecule has 0 aliphatic carbocycles. The van der Waals surface area contributed by atoms with Crippen molar-refractivity contribution in [1.82, 2.24) is 0 Å². The highest BCUT2D eigenvalue weighted by Crippen LogP contribution is 2.22. The standard InChI is InChI=1S/C11H14NOP/c1-14-9-5-6-10-8(7-9)3-2-4-11(13)12-10/h5-7,14H,2-4H2,1H3,(H,12,13). The van der Waals surface area contributed by atoms with Gasteiger partial charge in [0.2, 0.25) is 5.91 Å². The Morgan fingerprint density at radius 1 is 1.36 bits per heavy atom. The molecule has 14 heavy (non-hydrogen) atoms. The molecule has 0 aromatic heterocycles. The maximum Gasteiger partial charge on any atom is 0.224 e. The quantitative estimate of drug-likeness (QED) is 0.700. The van der Waals surface area contributed by atoms with Crippen molar-refractivity contribution in [2.24, 2.45) is 0 Å². The molecule has 1 heterocycles. The number of carbonyl (C=O) groups is 1. The molecule has 2 nitrogen and oxygen atoms in total. The highest BCUT2D eigenvalue weighted by Gasteiger charge is 2.12. The summed E-state index contributed by atoms with van der Waals surface area (Å²) in [4.78, 5) is 11.3. The molecule has 74 valence electrons. The number of amides is 1. The number of benzene rings is 1. The number of hydrogen-bond donors (Lipinski definition) is 1. The molecule has 1 N–H and O–H groups in total. The van der Waals surface area contributed by atoms with E-state index in [1.807, 2.05) is 6.07 Å². The molecule has 0 saturated carbocycles. The third kappa shape index (κ3) is 1.96. The molecule has 1 amide bonds. The van der Waals surface area contributed by atoms with E-state index in [4.69, 9.17) is 0 Å². The van der Waals surface area contributed by atoms with Crippen molar-refractivity contribution in [1.29, 1.82) is 0 Å². The number of hydrogen-bond acceptors (Lipinski definition) is 1. The van der Waals surface area contributed by atoms with Gasteiger partial charge in [0.1, 0.15) is 0 Å². The number of carbonyl (C=O) groups excluding carboxylic acids is 1. The number of aryl methyl sites for hydroxylation is 1. The lowest BCUT2D eigenvalue weighted by molar-refractivity contribution is -0.116. The van der Waals surface area contributed by atoms with E-state index >= 15 is 0 Å². The van der Waals surface area contributed by atoms with E-state index in [1.165, 1.54) is 10.9 Å². The second-order valence-electron chi connectivity index (χ2n) is 3.52. The highest BCUT2D eigenvalue weighted by molar-refractivity contribution is 7.46. The van der Waals surface area contributed by atoms with Gasteiger partial charge < -0.3 is 5.32 Å². The molecule has 0 saturated heterocycles. The molecule has 1 atom stereocenters. The normalized spacial score (nSPS) is 16.5. The van der Waals surface area contributed by atoms with E-state index in [-0.39, 0.29) is 5.91 Å². The number of rotatable bonds is 1. The van der Waals surface area contributed by atoms with E-state index in [1.54, 1.807) is 0 Å². The lowest BCUT2D eigenvalue weighted by Gasteiger charge is -2.07. The summed E-state index contributed by atoms with van der Waals surface area (Å²) in [5.74, 6) is 0.149. The smallest absolute Gasteiger partial charge is 0.224 e. The van der Waals surface area contributed by atoms with Gasteiger partial charge in [0, 0.05) is 12.1 Å². The molecular weight excluding hydrogens is 193 g/mol. The van der Waals surface area contributed by atoms with Crippen LogP contribution in [0.5, 0.6) is 0 Å². The average molecular weight is 207 g/mol. The van der Waals surface area contributed by atoms with Crippen molar-refractivity contribution in [2.45, 2.75) is 19.3 Å². The van der Waals surface area contributed by atoms with Crippen LogP contribution in [0.15, 0.2) is 18.2 Å². The molecule has 2 rings (SSSR count). The zero-order chi connectivity index (χ0) is 9.97. The van der Waals surface area contributed by atoms with Gasteiger partial charge >= 0.3 is 0 Å². The van der Waals surface area contributed by atoms with Crippen molar-refractivity contribution in [2.75, 3.05) is 12.0 Å². The first-order valence-electron chi connectivity index (χ1n) is 4.90. The van der Waals surface area contributed by atoms with Crippen LogP contribution in [0.2, 0.25) is 0 Å². The molecule has 1 aliphatic rings. The maximum absolute atomic E-state index is 11.3. The summed E-state index contributed by atoms with van der Waals surface area (Å²) < 4.78 is 0. The molecule has 1 aromatic rings. The summed E-state index contributed by atoms with van der Waals surface area (Å²) in [5, 5.41) is 4.31. The molecule has 0 spiro atoms. The second kappa shape index (κ2) is 4.10. The van der Waals surface area contributed by atoms with Gasteiger partial charge in [-0.2, -0.15) is 0 Å². The first-order valence-corrected chi connectivity index (χ1v) is 6.40. The van der Waals surface area contributed by atoms with Crippen LogP contribution >= 0.6 is 8.58 Å². The van der Waals surface area contributed by atoms with Crippen LogP contribution in [-0.2, 0) is 11.2 Å². The van der Waals surface area contributed by atoms with E-state index in [9.17, 15) is 4.79 Å². The monoisotopic (exact) mass is 207 g/mol. The fourth-order valence-electron chi connectivity index (χ4n) is 1.73. The third-order valence-electron chi connectivity index (χ3n) is 2.52. The Morgan fingerprint density at radius 2 is 2.21 bits per heavy atom. The van der Waals surface area contributed by atoms with Crippen molar-refractivity contribution in [3.05, 3.63) is 23.8 Å². The first-order chi connectivity index (χ1) is 6.79. The van der Waals surface area contributed by atoms with Crippen molar-refractivity contribution in [3.63, 3.8) is 0 Å². The number of nitrogens with one attached hydrogen (secondary N) is 1. The van der Waals surface area contributed by atoms with Crippen LogP contribution in [-0.4, -0.2) is 12.6 Å². The molecule has 0 radical (unpaired) electrons. The first kappa shape index (κ1) is 9.67. The minimum absolute atomic E-state index is 0.149. The Morgan fingerprint density at radius 3 is 3.00 bits per heavy atom. The van der Waals surface area contributed by atoms with Crippen LogP contribution in [0.1, 0.15) is 18.4 Å². The van der Waals surface area contributed by atoms with Gasteiger partial charge in [-0.05, 0) is 42.5 Å². The molecular formula is C11H14NOP. The van der Waals surface area contributed by atoms with Gasteiger partial charge in [-0.15, -0.1) is 0 Å². The summed E-state index contributed by atoms with van der Waals surface area (Å²) in [7, 11) is 0.830. The van der Waals surface area contributed by atoms with Crippen LogP contribution in [0.4, 0.5) is 5.69 Å². The molecule has 1 unspecified atom stereocenters. The highest BCUT2D eigenvalue weighted by atomic mass is 31.1. The minimum atomic E-state index is 0.149. The van der Waals surface area contributed by atoms with Gasteiger partial charge in [-0.25, -0.2) is 0 Å². The predicted molar refractivity (Wildman–Crippen MR) is 61.9 cm³/mol. The lowest BCUT2D eigenvalue weighted by Crippen LogP contribution is -2.09. The van der Waals surface area contributed by atoms with E-state index in [2.05, 4.69) is 24.1 Å². The minimum Gasteiger partial charge on any atom is -0.326 e. The Bertz CT molecular complexity index is 362. The SMILES string of the molecule is CPc1ccc2c(c1)CCCC(=O)N2. The van der Waals surface area contributed by atoms with E-state index in [0.29, 0.717) is 6.42 Å². The summed E-state index contributed by atoms with van der Waals surface area (Å²) in [5.41, 5.74) is 2.30. The van der Waals surface area contributed by atoms with Crippen molar-refractivity contribution in [3.8, 4) is 0 Å². The molecule has 0 bridgehead atoms. The molecule has 0 fully saturated rings. The molecule has 1 aliphatic heterocycles. The number of anilines is 1. The lowest BCUT2D eigenvalue weighted by atomic mass is 10.1. The largest absolute Gasteiger partial charge is 0.326 e. The summed E-state index contributed by atoms with van der Waals surface area (Å²) in [6.45, 7) is 2.18. The van der Waals surface area contributed by atoms with E-state index < -0.39 is 0 Å². The van der Waals surface area contributed by atoms with Crippen LogP contribution < -0.4 is 10.6 Å². The van der Waals surface area contributed by atoms with Crippen molar-refractivity contribution >= 4 is 25.5 Å². The van der Waals surface area contributed by atoms with Gasteiger partial charge in [-0.1, -0.05) is 14.6 Å². The Kier molecular flexibility index (Phi) is 2.83. The fourth-order valence-corrected chi connectivity index (χ4v) is 2.30. The maximum atomic E-state index is 11.3. The third-order valence-corrected chi connectivity index (χ3v) is 3.41. The van der Waals surface area contributed by atoms with Crippen LogP contribution in [0, 0.1) is 0 Å². The summed E-state index contributed by atoms with van der Waals surface area (Å²) >= 11 is 0. The van der Waals surface area contributed by atoms with Gasteiger partial charge in [-0.3, -0.25) is 4.79 Å².